The lowest BCUT2D eigenvalue weighted by atomic mass is 10.0. The van der Waals surface area contributed by atoms with Crippen LogP contribution >= 0.6 is 0 Å². The summed E-state index contributed by atoms with van der Waals surface area (Å²) in [6, 6.07) is -0.232. The first-order chi connectivity index (χ1) is 18.1. The highest BCUT2D eigenvalue weighted by atomic mass is 16.7. The maximum Gasteiger partial charge on any atom is 0.320 e. The van der Waals surface area contributed by atoms with Gasteiger partial charge in [-0.05, 0) is 19.8 Å². The predicted molar refractivity (Wildman–Crippen MR) is 140 cm³/mol. The first-order valence-electron chi connectivity index (χ1n) is 13.6. The number of aliphatic hydroxyl groups excluding tert-OH is 2. The molecule has 0 aromatic rings. The summed E-state index contributed by atoms with van der Waals surface area (Å²) in [6.45, 7) is 3.11. The molecule has 222 valence electrons. The van der Waals surface area contributed by atoms with E-state index in [2.05, 4.69) is 0 Å². The van der Waals surface area contributed by atoms with E-state index in [1.807, 2.05) is 11.8 Å². The number of unbranched alkanes of at least 4 members (excludes halogenated alkanes) is 6. The third-order valence-corrected chi connectivity index (χ3v) is 6.82. The Kier molecular flexibility index (Phi) is 18.1. The highest BCUT2D eigenvalue weighted by Gasteiger charge is 2.25. The Morgan fingerprint density at radius 3 is 1.82 bits per heavy atom. The van der Waals surface area contributed by atoms with Crippen LogP contribution < -0.4 is 0 Å². The quantitative estimate of drug-likeness (QED) is 0.156. The molecule has 0 aliphatic carbocycles. The zero-order valence-electron chi connectivity index (χ0n) is 22.7. The molecule has 0 amide bonds. The summed E-state index contributed by atoms with van der Waals surface area (Å²) < 4.78 is 0. The highest BCUT2D eigenvalue weighted by molar-refractivity contribution is 5.69. The molecule has 0 bridgehead atoms. The van der Waals surface area contributed by atoms with Gasteiger partial charge in [-0.15, -0.1) is 0 Å². The fraction of sp³-hybridized carbons (Fsp3) is 0.880. The Balaban J connectivity index is 2.79. The molecular weight excluding hydrogens is 500 g/mol. The van der Waals surface area contributed by atoms with Gasteiger partial charge in [-0.1, -0.05) is 38.5 Å². The van der Waals surface area contributed by atoms with Gasteiger partial charge in [0, 0.05) is 51.9 Å². The number of hydroxylamine groups is 2. The number of nitrogens with zero attached hydrogens (tertiary/aromatic N) is 4. The number of aliphatic carboxylic acids is 3. The Bertz CT molecular complexity index is 653. The van der Waals surface area contributed by atoms with Crippen LogP contribution in [-0.4, -0.2) is 148 Å². The van der Waals surface area contributed by atoms with Crippen LogP contribution in [0.2, 0.25) is 0 Å². The molecule has 5 N–H and O–H groups in total. The SMILES string of the molecule is CC(C(O)CCCCCCCCCO)N1CCN(CC(=O)O)CCN(CC(=O)O)CON(CC(=O)O)CC1. The van der Waals surface area contributed by atoms with Crippen LogP contribution in [0.4, 0.5) is 0 Å². The van der Waals surface area contributed by atoms with Gasteiger partial charge in [0.1, 0.15) is 13.3 Å². The van der Waals surface area contributed by atoms with Crippen molar-refractivity contribution in [2.75, 3.05) is 72.2 Å². The molecule has 0 aromatic carbocycles. The lowest BCUT2D eigenvalue weighted by molar-refractivity contribution is -0.203. The number of hydrogen-bond acceptors (Lipinski definition) is 10. The second kappa shape index (κ2) is 20.1. The maximum absolute atomic E-state index is 11.4. The Morgan fingerprint density at radius 1 is 0.711 bits per heavy atom. The number of carboxylic acid groups (broad SMARTS) is 3. The highest BCUT2D eigenvalue weighted by Crippen LogP contribution is 2.15. The van der Waals surface area contributed by atoms with Crippen LogP contribution in [0.3, 0.4) is 0 Å². The zero-order chi connectivity index (χ0) is 28.3. The van der Waals surface area contributed by atoms with Gasteiger partial charge in [-0.2, -0.15) is 5.06 Å². The first-order valence-corrected chi connectivity index (χ1v) is 13.6. The Morgan fingerprint density at radius 2 is 1.21 bits per heavy atom. The van der Waals surface area contributed by atoms with Crippen molar-refractivity contribution >= 4 is 17.9 Å². The Hall–Kier alpha value is -1.87. The van der Waals surface area contributed by atoms with E-state index in [9.17, 15) is 34.8 Å². The van der Waals surface area contributed by atoms with E-state index in [1.54, 1.807) is 4.90 Å². The second-order valence-corrected chi connectivity index (χ2v) is 9.96. The number of aliphatic hydroxyl groups is 2. The van der Waals surface area contributed by atoms with Gasteiger partial charge < -0.3 is 25.5 Å². The van der Waals surface area contributed by atoms with E-state index in [1.165, 1.54) is 9.96 Å². The van der Waals surface area contributed by atoms with Crippen molar-refractivity contribution in [3.8, 4) is 0 Å². The van der Waals surface area contributed by atoms with Gasteiger partial charge in [0.2, 0.25) is 0 Å². The molecule has 1 saturated heterocycles. The minimum absolute atomic E-state index is 0.140. The number of carboxylic acids is 3. The van der Waals surface area contributed by atoms with Crippen molar-refractivity contribution < 1.29 is 44.8 Å². The van der Waals surface area contributed by atoms with Gasteiger partial charge in [0.15, 0.2) is 0 Å². The molecule has 2 atom stereocenters. The third-order valence-electron chi connectivity index (χ3n) is 6.82. The molecule has 0 saturated carbocycles. The van der Waals surface area contributed by atoms with Gasteiger partial charge in [0.25, 0.3) is 0 Å². The molecule has 13 heteroatoms. The average molecular weight is 549 g/mol. The van der Waals surface area contributed by atoms with Crippen LogP contribution in [0, 0.1) is 0 Å². The monoisotopic (exact) mass is 548 g/mol. The van der Waals surface area contributed by atoms with Gasteiger partial charge in [-0.25, -0.2) is 0 Å². The molecule has 0 aromatic heterocycles. The molecular formula is C25H48N4O9. The standard InChI is InChI=1S/C25H48N4O9/c1-21(22(31)9-7-5-3-2-4-6-8-16-30)28-13-12-26(17-23(32)33)10-11-27(18-24(34)35)20-38-29(15-14-28)19-25(36)37/h21-22,30-31H,2-20H2,1H3,(H,32,33)(H,34,35)(H,36,37). The molecule has 1 aliphatic heterocycles. The van der Waals surface area contributed by atoms with Crippen LogP contribution in [0.15, 0.2) is 0 Å². The van der Waals surface area contributed by atoms with E-state index in [0.717, 1.165) is 44.9 Å². The summed E-state index contributed by atoms with van der Waals surface area (Å²) in [7, 11) is 0. The van der Waals surface area contributed by atoms with E-state index in [0.29, 0.717) is 32.6 Å². The van der Waals surface area contributed by atoms with Crippen LogP contribution in [-0.2, 0) is 19.2 Å². The molecule has 0 radical (unpaired) electrons. The Labute approximate surface area is 225 Å². The predicted octanol–water partition coefficient (Wildman–Crippen LogP) is 0.213. The molecule has 1 aliphatic rings. The molecule has 13 nitrogen and oxygen atoms in total. The normalized spacial score (nSPS) is 19.3. The van der Waals surface area contributed by atoms with Gasteiger partial charge in [0.05, 0.1) is 19.2 Å². The van der Waals surface area contributed by atoms with Crippen LogP contribution in [0.25, 0.3) is 0 Å². The summed E-state index contributed by atoms with van der Waals surface area (Å²) in [5.41, 5.74) is 0. The van der Waals surface area contributed by atoms with E-state index >= 15 is 0 Å². The largest absolute Gasteiger partial charge is 0.480 e. The lowest BCUT2D eigenvalue weighted by Crippen LogP contribution is -2.51. The minimum Gasteiger partial charge on any atom is -0.480 e. The van der Waals surface area contributed by atoms with Crippen molar-refractivity contribution in [1.82, 2.24) is 19.8 Å². The molecule has 1 heterocycles. The second-order valence-electron chi connectivity index (χ2n) is 9.96. The summed E-state index contributed by atoms with van der Waals surface area (Å²) >= 11 is 0. The number of rotatable bonds is 17. The lowest BCUT2D eigenvalue weighted by Gasteiger charge is -2.36. The van der Waals surface area contributed by atoms with Crippen LogP contribution in [0.1, 0.15) is 58.3 Å². The summed E-state index contributed by atoms with van der Waals surface area (Å²) in [4.78, 5) is 44.9. The van der Waals surface area contributed by atoms with Gasteiger partial charge >= 0.3 is 17.9 Å². The summed E-state index contributed by atoms with van der Waals surface area (Å²) in [5.74, 6) is -3.13. The first kappa shape index (κ1) is 34.2. The maximum atomic E-state index is 11.4. The van der Waals surface area contributed by atoms with Crippen molar-refractivity contribution in [1.29, 1.82) is 0 Å². The fourth-order valence-corrected chi connectivity index (χ4v) is 4.49. The average Bonchev–Trinajstić information content (AvgIpc) is 2.84. The third kappa shape index (κ3) is 16.2. The van der Waals surface area contributed by atoms with Crippen molar-refractivity contribution in [2.45, 2.75) is 70.4 Å². The van der Waals surface area contributed by atoms with E-state index in [-0.39, 0.29) is 52.1 Å². The summed E-state index contributed by atoms with van der Waals surface area (Å²) in [5, 5.41) is 48.9. The molecule has 0 spiro atoms. The molecule has 2 unspecified atom stereocenters. The summed E-state index contributed by atoms with van der Waals surface area (Å²) in [6.07, 6.45) is 7.11. The number of hydrogen-bond donors (Lipinski definition) is 5. The van der Waals surface area contributed by atoms with Gasteiger partial charge in [-0.3, -0.25) is 33.9 Å². The zero-order valence-corrected chi connectivity index (χ0v) is 22.7. The molecule has 1 rings (SSSR count). The van der Waals surface area contributed by atoms with Crippen molar-refractivity contribution in [3.63, 3.8) is 0 Å². The smallest absolute Gasteiger partial charge is 0.320 e. The fourth-order valence-electron chi connectivity index (χ4n) is 4.49. The number of carbonyl (C=O) groups is 3. The van der Waals surface area contributed by atoms with E-state index in [4.69, 9.17) is 9.94 Å². The van der Waals surface area contributed by atoms with Crippen molar-refractivity contribution in [3.05, 3.63) is 0 Å². The molecule has 1 fully saturated rings. The van der Waals surface area contributed by atoms with Crippen LogP contribution in [0.5, 0.6) is 0 Å². The minimum atomic E-state index is -1.08. The van der Waals surface area contributed by atoms with Crippen molar-refractivity contribution in [2.24, 2.45) is 0 Å². The molecule has 38 heavy (non-hydrogen) atoms. The topological polar surface area (TPSA) is 175 Å². The van der Waals surface area contributed by atoms with E-state index < -0.39 is 24.0 Å².